The smallest absolute Gasteiger partial charge is 0.338 e. The van der Waals surface area contributed by atoms with E-state index in [0.717, 1.165) is 6.42 Å². The van der Waals surface area contributed by atoms with Gasteiger partial charge in [-0.3, -0.25) is 4.79 Å². The fraction of sp³-hybridized carbons (Fsp3) is 0.368. The highest BCUT2D eigenvalue weighted by molar-refractivity contribution is 6.33. The molecule has 0 radical (unpaired) electrons. The second-order valence-electron chi connectivity index (χ2n) is 5.58. The van der Waals surface area contributed by atoms with E-state index in [1.165, 1.54) is 18.2 Å². The van der Waals surface area contributed by atoms with Gasteiger partial charge in [0.1, 0.15) is 11.9 Å². The summed E-state index contributed by atoms with van der Waals surface area (Å²) in [5.74, 6) is -0.978. The molecule has 0 aliphatic carbocycles. The van der Waals surface area contributed by atoms with Gasteiger partial charge in [0.15, 0.2) is 5.78 Å². The van der Waals surface area contributed by atoms with Gasteiger partial charge in [0.25, 0.3) is 0 Å². The van der Waals surface area contributed by atoms with Gasteiger partial charge in [0.05, 0.1) is 10.6 Å². The number of ether oxygens (including phenoxy) is 1. The third-order valence-corrected chi connectivity index (χ3v) is 4.16. The molecular formula is C19H23ClO4. The van der Waals surface area contributed by atoms with Crippen LogP contribution in [0.3, 0.4) is 0 Å². The maximum absolute atomic E-state index is 12.4. The van der Waals surface area contributed by atoms with Crippen LogP contribution in [-0.4, -0.2) is 23.0 Å². The Bertz CT molecular complexity index is 649. The minimum atomic E-state index is -0.583. The van der Waals surface area contributed by atoms with E-state index in [1.54, 1.807) is 19.1 Å². The zero-order valence-corrected chi connectivity index (χ0v) is 15.0. The molecule has 1 rings (SSSR count). The molecule has 1 aromatic rings. The average Bonchev–Trinajstić information content (AvgIpc) is 2.56. The van der Waals surface area contributed by atoms with Crippen LogP contribution in [0.2, 0.25) is 5.02 Å². The lowest BCUT2D eigenvalue weighted by atomic mass is 10.0. The Labute approximate surface area is 147 Å². The van der Waals surface area contributed by atoms with Gasteiger partial charge < -0.3 is 9.84 Å². The zero-order valence-electron chi connectivity index (χ0n) is 14.2. The van der Waals surface area contributed by atoms with Crippen molar-refractivity contribution in [1.29, 1.82) is 0 Å². The van der Waals surface area contributed by atoms with Gasteiger partial charge in [-0.05, 0) is 37.1 Å². The summed E-state index contributed by atoms with van der Waals surface area (Å²) in [7, 11) is 0. The fourth-order valence-electron chi connectivity index (χ4n) is 1.99. The molecule has 24 heavy (non-hydrogen) atoms. The van der Waals surface area contributed by atoms with E-state index in [2.05, 4.69) is 6.58 Å². The van der Waals surface area contributed by atoms with Crippen molar-refractivity contribution in [3.63, 3.8) is 0 Å². The second kappa shape index (κ2) is 9.28. The number of hydrogen-bond donors (Lipinski definition) is 1. The van der Waals surface area contributed by atoms with Crippen LogP contribution in [-0.2, 0) is 16.0 Å². The van der Waals surface area contributed by atoms with E-state index >= 15 is 0 Å². The van der Waals surface area contributed by atoms with Gasteiger partial charge in [-0.25, -0.2) is 4.79 Å². The quantitative estimate of drug-likeness (QED) is 0.426. The van der Waals surface area contributed by atoms with Crippen molar-refractivity contribution in [2.75, 3.05) is 0 Å². The van der Waals surface area contributed by atoms with E-state index in [-0.39, 0.29) is 46.1 Å². The maximum atomic E-state index is 12.4. The molecule has 4 nitrogen and oxygen atoms in total. The Morgan fingerprint density at radius 2 is 2.04 bits per heavy atom. The minimum absolute atomic E-state index is 0.00730. The lowest BCUT2D eigenvalue weighted by Crippen LogP contribution is -2.22. The molecule has 2 atom stereocenters. The van der Waals surface area contributed by atoms with E-state index in [4.69, 9.17) is 16.3 Å². The van der Waals surface area contributed by atoms with Gasteiger partial charge >= 0.3 is 5.97 Å². The Balaban J connectivity index is 3.12. The molecule has 0 spiro atoms. The number of carbonyl (C=O) groups excluding carboxylic acids is 2. The maximum Gasteiger partial charge on any atom is 0.338 e. The molecule has 0 amide bonds. The number of rotatable bonds is 8. The van der Waals surface area contributed by atoms with E-state index < -0.39 is 5.97 Å². The molecule has 0 fully saturated rings. The lowest BCUT2D eigenvalue weighted by Gasteiger charge is -2.19. The van der Waals surface area contributed by atoms with Crippen molar-refractivity contribution in [1.82, 2.24) is 0 Å². The van der Waals surface area contributed by atoms with E-state index in [9.17, 15) is 14.7 Å². The minimum Gasteiger partial charge on any atom is -0.506 e. The summed E-state index contributed by atoms with van der Waals surface area (Å²) in [5.41, 5.74) is 0.449. The van der Waals surface area contributed by atoms with Gasteiger partial charge in [-0.1, -0.05) is 37.6 Å². The molecule has 0 bridgehead atoms. The van der Waals surface area contributed by atoms with Crippen molar-refractivity contribution in [3.8, 4) is 5.75 Å². The van der Waals surface area contributed by atoms with Crippen molar-refractivity contribution in [3.05, 3.63) is 53.1 Å². The van der Waals surface area contributed by atoms with Gasteiger partial charge in [-0.2, -0.15) is 0 Å². The Kier molecular flexibility index (Phi) is 7.72. The molecule has 0 saturated heterocycles. The lowest BCUT2D eigenvalue weighted by molar-refractivity contribution is -0.114. The number of allylic oxidation sites excluding steroid dienone is 2. The predicted molar refractivity (Wildman–Crippen MR) is 95.5 cm³/mol. The van der Waals surface area contributed by atoms with Crippen LogP contribution >= 0.6 is 11.6 Å². The van der Waals surface area contributed by atoms with Gasteiger partial charge in [0.2, 0.25) is 0 Å². The van der Waals surface area contributed by atoms with Crippen molar-refractivity contribution in [2.24, 2.45) is 5.92 Å². The number of phenolic OH excluding ortho intramolecular Hbond substituents is 1. The molecule has 5 heteroatoms. The molecule has 0 aromatic heterocycles. The number of phenols is 1. The Morgan fingerprint density at radius 1 is 1.38 bits per heavy atom. The average molecular weight is 351 g/mol. The topological polar surface area (TPSA) is 63.6 Å². The second-order valence-corrected chi connectivity index (χ2v) is 5.96. The standard InChI is InChI=1S/C19H23ClO4/c1-5-7-8-14(21)11-16-15(9-10-17(22)18(16)20)19(23)24-13(4)12(3)6-2/h6-10,12-13,22H,2,5,11H2,1,3-4H3/b8-7+/t12?,13-/m1/s1. The van der Waals surface area contributed by atoms with Crippen LogP contribution in [0.25, 0.3) is 0 Å². The number of hydrogen-bond acceptors (Lipinski definition) is 4. The highest BCUT2D eigenvalue weighted by Gasteiger charge is 2.22. The van der Waals surface area contributed by atoms with Crippen LogP contribution in [0, 0.1) is 5.92 Å². The van der Waals surface area contributed by atoms with Crippen LogP contribution in [0.1, 0.15) is 43.1 Å². The SMILES string of the molecule is C=CC(C)[C@@H](C)OC(=O)c1ccc(O)c(Cl)c1CC(=O)/C=C/CC. The molecule has 0 saturated carbocycles. The van der Waals surface area contributed by atoms with E-state index in [1.807, 2.05) is 13.8 Å². The zero-order chi connectivity index (χ0) is 18.3. The molecule has 1 unspecified atom stereocenters. The summed E-state index contributed by atoms with van der Waals surface area (Å²) in [6.45, 7) is 9.24. The largest absolute Gasteiger partial charge is 0.506 e. The van der Waals surface area contributed by atoms with Crippen LogP contribution in [0.15, 0.2) is 36.9 Å². The molecular weight excluding hydrogens is 328 g/mol. The highest BCUT2D eigenvalue weighted by atomic mass is 35.5. The molecule has 0 aliphatic heterocycles. The normalized spacial score (nSPS) is 13.5. The third kappa shape index (κ3) is 5.24. The number of carbonyl (C=O) groups is 2. The number of esters is 1. The summed E-state index contributed by atoms with van der Waals surface area (Å²) in [5, 5.41) is 9.77. The van der Waals surface area contributed by atoms with Crippen molar-refractivity contribution >= 4 is 23.4 Å². The van der Waals surface area contributed by atoms with Crippen molar-refractivity contribution in [2.45, 2.75) is 39.7 Å². The fourth-order valence-corrected chi connectivity index (χ4v) is 2.22. The van der Waals surface area contributed by atoms with Crippen LogP contribution in [0.4, 0.5) is 0 Å². The Morgan fingerprint density at radius 3 is 2.62 bits per heavy atom. The molecule has 0 heterocycles. The monoisotopic (exact) mass is 350 g/mol. The number of ketones is 1. The third-order valence-electron chi connectivity index (χ3n) is 3.74. The summed E-state index contributed by atoms with van der Waals surface area (Å²) >= 11 is 6.10. The number of aromatic hydroxyl groups is 1. The summed E-state index contributed by atoms with van der Waals surface area (Å²) in [6, 6.07) is 2.73. The summed E-state index contributed by atoms with van der Waals surface area (Å²) in [4.78, 5) is 24.4. The number of benzene rings is 1. The van der Waals surface area contributed by atoms with Crippen molar-refractivity contribution < 1.29 is 19.4 Å². The summed E-state index contributed by atoms with van der Waals surface area (Å²) in [6.07, 6.45) is 5.14. The molecule has 1 aromatic carbocycles. The molecule has 0 aliphatic rings. The first-order chi connectivity index (χ1) is 11.3. The van der Waals surface area contributed by atoms with Crippen LogP contribution < -0.4 is 0 Å². The Hall–Kier alpha value is -2.07. The van der Waals surface area contributed by atoms with Gasteiger partial charge in [0, 0.05) is 12.3 Å². The number of halogens is 1. The first-order valence-electron chi connectivity index (χ1n) is 7.85. The first-order valence-corrected chi connectivity index (χ1v) is 8.22. The predicted octanol–water partition coefficient (Wildman–Crippen LogP) is 4.49. The highest BCUT2D eigenvalue weighted by Crippen LogP contribution is 2.31. The molecule has 130 valence electrons. The van der Waals surface area contributed by atoms with Gasteiger partial charge in [-0.15, -0.1) is 6.58 Å². The summed E-state index contributed by atoms with van der Waals surface area (Å²) < 4.78 is 5.41. The van der Waals surface area contributed by atoms with Crippen LogP contribution in [0.5, 0.6) is 5.75 Å². The molecule has 1 N–H and O–H groups in total. The van der Waals surface area contributed by atoms with E-state index in [0.29, 0.717) is 0 Å². The first kappa shape index (κ1) is 20.0.